The molecule has 2 heterocycles. The predicted octanol–water partition coefficient (Wildman–Crippen LogP) is 1.52. The highest BCUT2D eigenvalue weighted by Gasteiger charge is 2.36. The lowest BCUT2D eigenvalue weighted by atomic mass is 10.1. The Hall–Kier alpha value is -2.91. The second-order valence-electron chi connectivity index (χ2n) is 6.12. The molecule has 0 aliphatic carbocycles. The molecule has 0 fully saturated rings. The maximum Gasteiger partial charge on any atom is 0.266 e. The third-order valence-corrected chi connectivity index (χ3v) is 5.58. The standard InChI is InChI=1S/C16H16F3N5O3S/c1-8(16(2,18)19)23-28(26,27)11-7-24(3)14(15(21)25)12(11)9-4-5-22-10(6-20)13(9)17/h4-5,7-8,23H,1-3H3,(H2,21,25)/t8-/m1/s1. The molecule has 12 heteroatoms. The van der Waals surface area contributed by atoms with Crippen molar-refractivity contribution < 1.29 is 26.4 Å². The molecule has 0 saturated carbocycles. The van der Waals surface area contributed by atoms with Gasteiger partial charge in [-0.15, -0.1) is 0 Å². The molecule has 2 rings (SSSR count). The summed E-state index contributed by atoms with van der Waals surface area (Å²) < 4.78 is 69.8. The Kier molecular flexibility index (Phi) is 5.54. The number of primary amides is 1. The second kappa shape index (κ2) is 7.25. The number of nitrogens with one attached hydrogen (secondary N) is 1. The van der Waals surface area contributed by atoms with Gasteiger partial charge in [-0.2, -0.15) is 5.26 Å². The van der Waals surface area contributed by atoms with Gasteiger partial charge in [0.2, 0.25) is 10.0 Å². The quantitative estimate of drug-likeness (QED) is 0.739. The molecule has 0 aliphatic heterocycles. The zero-order valence-electron chi connectivity index (χ0n) is 15.0. The van der Waals surface area contributed by atoms with E-state index in [9.17, 15) is 26.4 Å². The van der Waals surface area contributed by atoms with Gasteiger partial charge in [0.05, 0.1) is 6.04 Å². The van der Waals surface area contributed by atoms with Gasteiger partial charge in [-0.3, -0.25) is 4.79 Å². The van der Waals surface area contributed by atoms with Crippen LogP contribution in [-0.4, -0.2) is 35.8 Å². The molecule has 0 radical (unpaired) electrons. The minimum Gasteiger partial charge on any atom is -0.364 e. The number of halogens is 3. The molecule has 1 amide bonds. The van der Waals surface area contributed by atoms with E-state index in [-0.39, 0.29) is 5.69 Å². The second-order valence-corrected chi connectivity index (χ2v) is 7.81. The molecule has 3 N–H and O–H groups in total. The number of aryl methyl sites for hydroxylation is 1. The topological polar surface area (TPSA) is 131 Å². The van der Waals surface area contributed by atoms with Crippen molar-refractivity contribution in [2.24, 2.45) is 12.8 Å². The maximum absolute atomic E-state index is 14.6. The van der Waals surface area contributed by atoms with E-state index in [2.05, 4.69) is 4.98 Å². The Morgan fingerprint density at radius 1 is 1.46 bits per heavy atom. The summed E-state index contributed by atoms with van der Waals surface area (Å²) in [4.78, 5) is 14.7. The first-order chi connectivity index (χ1) is 12.8. The van der Waals surface area contributed by atoms with Crippen LogP contribution in [0.2, 0.25) is 0 Å². The van der Waals surface area contributed by atoms with Gasteiger partial charge in [-0.25, -0.2) is 31.3 Å². The summed E-state index contributed by atoms with van der Waals surface area (Å²) in [5.41, 5.74) is 3.39. The molecule has 0 unspecified atom stereocenters. The van der Waals surface area contributed by atoms with Crippen molar-refractivity contribution in [1.82, 2.24) is 14.3 Å². The molecule has 1 atom stereocenters. The van der Waals surface area contributed by atoms with Crippen LogP contribution in [0.5, 0.6) is 0 Å². The van der Waals surface area contributed by atoms with E-state index in [1.54, 1.807) is 4.72 Å². The molecule has 0 aliphatic rings. The summed E-state index contributed by atoms with van der Waals surface area (Å²) in [6.07, 6.45) is 1.99. The Labute approximate surface area is 158 Å². The smallest absolute Gasteiger partial charge is 0.266 e. The molecule has 2 aromatic rings. The van der Waals surface area contributed by atoms with Crippen LogP contribution < -0.4 is 10.5 Å². The minimum absolute atomic E-state index is 0.384. The fraction of sp³-hybridized carbons (Fsp3) is 0.312. The highest BCUT2D eigenvalue weighted by Crippen LogP contribution is 2.35. The van der Waals surface area contributed by atoms with E-state index in [4.69, 9.17) is 11.0 Å². The monoisotopic (exact) mass is 415 g/mol. The third-order valence-electron chi connectivity index (χ3n) is 4.03. The Morgan fingerprint density at radius 2 is 2.07 bits per heavy atom. The molecule has 150 valence electrons. The fourth-order valence-electron chi connectivity index (χ4n) is 2.47. The lowest BCUT2D eigenvalue weighted by molar-refractivity contribution is -0.00488. The van der Waals surface area contributed by atoms with E-state index in [0.29, 0.717) is 6.92 Å². The summed E-state index contributed by atoms with van der Waals surface area (Å²) in [6, 6.07) is 0.756. The van der Waals surface area contributed by atoms with E-state index < -0.39 is 55.4 Å². The fourth-order valence-corrected chi connectivity index (χ4v) is 4.05. The summed E-state index contributed by atoms with van der Waals surface area (Å²) in [5, 5.41) is 8.95. The van der Waals surface area contributed by atoms with E-state index in [1.807, 2.05) is 0 Å². The molecule has 0 aromatic carbocycles. The summed E-state index contributed by atoms with van der Waals surface area (Å²) in [6.45, 7) is 1.48. The van der Waals surface area contributed by atoms with Crippen LogP contribution in [0.25, 0.3) is 11.1 Å². The number of amides is 1. The number of nitrogens with two attached hydrogens (primary N) is 1. The highest BCUT2D eigenvalue weighted by atomic mass is 32.2. The Morgan fingerprint density at radius 3 is 2.57 bits per heavy atom. The van der Waals surface area contributed by atoms with Crippen LogP contribution in [0.1, 0.15) is 30.0 Å². The van der Waals surface area contributed by atoms with Crippen LogP contribution in [-0.2, 0) is 17.1 Å². The minimum atomic E-state index is -4.62. The number of rotatable bonds is 6. The van der Waals surface area contributed by atoms with Gasteiger partial charge in [-0.1, -0.05) is 0 Å². The molecule has 2 aromatic heterocycles. The van der Waals surface area contributed by atoms with Gasteiger partial charge in [0.1, 0.15) is 16.7 Å². The van der Waals surface area contributed by atoms with Gasteiger partial charge in [0.25, 0.3) is 11.8 Å². The molecule has 0 bridgehead atoms. The summed E-state index contributed by atoms with van der Waals surface area (Å²) in [7, 11) is -3.34. The Balaban J connectivity index is 2.81. The molecular weight excluding hydrogens is 399 g/mol. The molecule has 28 heavy (non-hydrogen) atoms. The van der Waals surface area contributed by atoms with Crippen LogP contribution in [0.15, 0.2) is 23.4 Å². The van der Waals surface area contributed by atoms with Crippen molar-refractivity contribution in [3.8, 4) is 17.2 Å². The summed E-state index contributed by atoms with van der Waals surface area (Å²) >= 11 is 0. The lowest BCUT2D eigenvalue weighted by Crippen LogP contribution is -2.43. The van der Waals surface area contributed by atoms with Crippen LogP contribution in [0.3, 0.4) is 0 Å². The lowest BCUT2D eigenvalue weighted by Gasteiger charge is -2.20. The van der Waals surface area contributed by atoms with Crippen molar-refractivity contribution in [2.45, 2.75) is 30.7 Å². The number of carbonyl (C=O) groups excluding carboxylic acids is 1. The number of hydrogen-bond donors (Lipinski definition) is 2. The average Bonchev–Trinajstić information content (AvgIpc) is 2.92. The highest BCUT2D eigenvalue weighted by molar-refractivity contribution is 7.89. The molecular formula is C16H16F3N5O3S. The zero-order chi connectivity index (χ0) is 21.4. The number of sulfonamides is 1. The number of pyridine rings is 1. The van der Waals surface area contributed by atoms with Gasteiger partial charge in [0, 0.05) is 37.5 Å². The average molecular weight is 415 g/mol. The van der Waals surface area contributed by atoms with Gasteiger partial charge in [0.15, 0.2) is 11.5 Å². The molecule has 8 nitrogen and oxygen atoms in total. The van der Waals surface area contributed by atoms with Crippen LogP contribution in [0.4, 0.5) is 13.2 Å². The number of alkyl halides is 2. The molecule has 0 spiro atoms. The first-order valence-corrected chi connectivity index (χ1v) is 9.23. The molecule has 0 saturated heterocycles. The van der Waals surface area contributed by atoms with E-state index in [0.717, 1.165) is 30.0 Å². The van der Waals surface area contributed by atoms with E-state index in [1.165, 1.54) is 13.1 Å². The number of aromatic nitrogens is 2. The zero-order valence-corrected chi connectivity index (χ0v) is 15.8. The van der Waals surface area contributed by atoms with Gasteiger partial charge >= 0.3 is 0 Å². The number of hydrogen-bond acceptors (Lipinski definition) is 5. The largest absolute Gasteiger partial charge is 0.364 e. The Bertz CT molecular complexity index is 1080. The van der Waals surface area contributed by atoms with E-state index >= 15 is 0 Å². The van der Waals surface area contributed by atoms with Crippen molar-refractivity contribution >= 4 is 15.9 Å². The third kappa shape index (κ3) is 3.85. The van der Waals surface area contributed by atoms with Gasteiger partial charge < -0.3 is 10.3 Å². The predicted molar refractivity (Wildman–Crippen MR) is 92.2 cm³/mol. The number of nitrogens with zero attached hydrogens (tertiary/aromatic N) is 3. The van der Waals surface area contributed by atoms with Crippen molar-refractivity contribution in [3.63, 3.8) is 0 Å². The number of nitriles is 1. The van der Waals surface area contributed by atoms with Gasteiger partial charge in [-0.05, 0) is 13.0 Å². The number of carbonyl (C=O) groups is 1. The van der Waals surface area contributed by atoms with Crippen molar-refractivity contribution in [2.75, 3.05) is 0 Å². The SMILES string of the molecule is C[C@@H](NS(=O)(=O)c1cn(C)c(C(N)=O)c1-c1ccnc(C#N)c1F)C(C)(F)F. The first-order valence-electron chi connectivity index (χ1n) is 7.75. The maximum atomic E-state index is 14.6. The van der Waals surface area contributed by atoms with Crippen molar-refractivity contribution in [1.29, 1.82) is 5.26 Å². The summed E-state index contributed by atoms with van der Waals surface area (Å²) in [5.74, 6) is -5.64. The normalized spacial score (nSPS) is 13.2. The first kappa shape index (κ1) is 21.4. The van der Waals surface area contributed by atoms with Crippen molar-refractivity contribution in [3.05, 3.63) is 35.7 Å². The van der Waals surface area contributed by atoms with Crippen LogP contribution in [0, 0.1) is 17.1 Å². The van der Waals surface area contributed by atoms with Crippen LogP contribution >= 0.6 is 0 Å².